The minimum atomic E-state index is -4.74. The van der Waals surface area contributed by atoms with Crippen LogP contribution < -0.4 is 20.7 Å². The maximum Gasteiger partial charge on any atom is 0.573 e. The maximum absolute atomic E-state index is 12.8. The van der Waals surface area contributed by atoms with Gasteiger partial charge in [0.05, 0.1) is 5.69 Å². The lowest BCUT2D eigenvalue weighted by Gasteiger charge is -2.33. The fourth-order valence-electron chi connectivity index (χ4n) is 5.22. The molecule has 2 aliphatic rings. The summed E-state index contributed by atoms with van der Waals surface area (Å²) in [7, 11) is 4.04. The Morgan fingerprint density at radius 3 is 2.43 bits per heavy atom. The molecular weight excluding hydrogens is 594 g/mol. The van der Waals surface area contributed by atoms with Gasteiger partial charge in [-0.1, -0.05) is 22.0 Å². The fourth-order valence-corrected chi connectivity index (χ4v) is 5.56. The number of fused-ring (bicyclic) bond motifs is 1. The summed E-state index contributed by atoms with van der Waals surface area (Å²) in [6.45, 7) is 0. The van der Waals surface area contributed by atoms with Gasteiger partial charge in [-0.2, -0.15) is 4.98 Å². The molecule has 0 radical (unpaired) electrons. The van der Waals surface area contributed by atoms with Crippen LogP contribution in [0.1, 0.15) is 55.3 Å². The Hall–Kier alpha value is -1.49. The number of nitrogens with two attached hydrogens (primary N) is 1. The van der Waals surface area contributed by atoms with Crippen LogP contribution >= 0.6 is 40.7 Å². The minimum Gasteiger partial charge on any atom is -0.405 e. The average Bonchev–Trinajstić information content (AvgIpc) is 2.79. The molecule has 6 nitrogen and oxygen atoms in total. The standard InChI is InChI=1S/C25H33BrF3N5O.2ClH/c1-34(2)23-19-5-3-4-6-21(19)32-24(33-23)31-18-11-8-15(9-12-18)20(30)13-16-7-10-17(26)14-22(16)35-25(27,28)29;;/h7,10,14-15,18,20H,3-6,8-9,11-13,30H2,1-2H3,(H,31,32,33);2*1H. The van der Waals surface area contributed by atoms with E-state index in [1.165, 1.54) is 18.1 Å². The molecule has 1 fully saturated rings. The Labute approximate surface area is 237 Å². The van der Waals surface area contributed by atoms with Crippen LogP contribution in [-0.2, 0) is 19.3 Å². The Bertz CT molecular complexity index is 1040. The molecule has 1 saturated carbocycles. The minimum absolute atomic E-state index is 0. The first-order valence-corrected chi connectivity index (χ1v) is 13.0. The van der Waals surface area contributed by atoms with Crippen molar-refractivity contribution in [1.82, 2.24) is 9.97 Å². The molecule has 1 aromatic heterocycles. The molecule has 0 bridgehead atoms. The van der Waals surface area contributed by atoms with Gasteiger partial charge in [0.1, 0.15) is 11.6 Å². The van der Waals surface area contributed by atoms with Crippen LogP contribution in [0.2, 0.25) is 0 Å². The molecule has 208 valence electrons. The Balaban J connectivity index is 0.00000241. The van der Waals surface area contributed by atoms with Gasteiger partial charge in [0.2, 0.25) is 5.95 Å². The molecular formula is C25H35BrCl2F3N5O. The van der Waals surface area contributed by atoms with Gasteiger partial charge in [0.15, 0.2) is 0 Å². The van der Waals surface area contributed by atoms with Gasteiger partial charge < -0.3 is 20.7 Å². The van der Waals surface area contributed by atoms with Crippen LogP contribution in [0.3, 0.4) is 0 Å². The van der Waals surface area contributed by atoms with Crippen molar-refractivity contribution < 1.29 is 17.9 Å². The summed E-state index contributed by atoms with van der Waals surface area (Å²) in [4.78, 5) is 11.7. The van der Waals surface area contributed by atoms with Crippen molar-refractivity contribution >= 4 is 52.5 Å². The summed E-state index contributed by atoms with van der Waals surface area (Å²) in [5.74, 6) is 1.72. The van der Waals surface area contributed by atoms with E-state index in [0.717, 1.165) is 56.5 Å². The summed E-state index contributed by atoms with van der Waals surface area (Å²) in [6, 6.07) is 4.72. The molecule has 37 heavy (non-hydrogen) atoms. The number of nitrogens with zero attached hydrogens (tertiary/aromatic N) is 3. The van der Waals surface area contributed by atoms with Crippen LogP contribution in [0, 0.1) is 5.92 Å². The highest BCUT2D eigenvalue weighted by Gasteiger charge is 2.33. The van der Waals surface area contributed by atoms with Crippen molar-refractivity contribution in [1.29, 1.82) is 0 Å². The molecule has 1 aromatic carbocycles. The van der Waals surface area contributed by atoms with Gasteiger partial charge in [0, 0.05) is 36.2 Å². The van der Waals surface area contributed by atoms with E-state index < -0.39 is 6.36 Å². The monoisotopic (exact) mass is 627 g/mol. The van der Waals surface area contributed by atoms with Crippen LogP contribution in [0.15, 0.2) is 22.7 Å². The van der Waals surface area contributed by atoms with E-state index in [-0.39, 0.29) is 48.6 Å². The zero-order valence-corrected chi connectivity index (χ0v) is 24.2. The molecule has 2 aromatic rings. The van der Waals surface area contributed by atoms with E-state index in [0.29, 0.717) is 22.4 Å². The predicted molar refractivity (Wildman–Crippen MR) is 149 cm³/mol. The summed E-state index contributed by atoms with van der Waals surface area (Å²) in [5.41, 5.74) is 9.37. The Kier molecular flexibility index (Phi) is 11.6. The number of halogens is 6. The van der Waals surface area contributed by atoms with Crippen molar-refractivity contribution in [2.24, 2.45) is 11.7 Å². The topological polar surface area (TPSA) is 76.3 Å². The number of benzene rings is 1. The number of alkyl halides is 3. The van der Waals surface area contributed by atoms with Crippen molar-refractivity contribution in [3.05, 3.63) is 39.5 Å². The first-order chi connectivity index (χ1) is 16.6. The number of rotatable bonds is 7. The molecule has 1 unspecified atom stereocenters. The van der Waals surface area contributed by atoms with E-state index in [1.807, 2.05) is 14.1 Å². The molecule has 0 spiro atoms. The van der Waals surface area contributed by atoms with E-state index in [4.69, 9.17) is 15.7 Å². The summed E-state index contributed by atoms with van der Waals surface area (Å²) in [5, 5.41) is 3.54. The zero-order chi connectivity index (χ0) is 25.2. The predicted octanol–water partition coefficient (Wildman–Crippen LogP) is 6.47. The number of hydrogen-bond donors (Lipinski definition) is 2. The van der Waals surface area contributed by atoms with Gasteiger partial charge in [-0.05, 0) is 81.4 Å². The quantitative estimate of drug-likeness (QED) is 0.366. The smallest absolute Gasteiger partial charge is 0.405 e. The molecule has 12 heteroatoms. The molecule has 4 rings (SSSR count). The molecule has 0 aliphatic heterocycles. The first-order valence-electron chi connectivity index (χ1n) is 12.2. The molecule has 1 heterocycles. The Morgan fingerprint density at radius 1 is 1.11 bits per heavy atom. The van der Waals surface area contributed by atoms with Gasteiger partial charge in [-0.25, -0.2) is 4.98 Å². The maximum atomic E-state index is 12.8. The normalized spacial score (nSPS) is 20.1. The second-order valence-corrected chi connectivity index (χ2v) is 10.7. The van der Waals surface area contributed by atoms with Crippen LogP contribution in [0.4, 0.5) is 24.9 Å². The third kappa shape index (κ3) is 8.50. The van der Waals surface area contributed by atoms with E-state index in [1.54, 1.807) is 12.1 Å². The largest absolute Gasteiger partial charge is 0.573 e. The second kappa shape index (κ2) is 13.5. The summed E-state index contributed by atoms with van der Waals surface area (Å²) >= 11 is 3.21. The fraction of sp³-hybridized carbons (Fsp3) is 0.600. The molecule has 2 aliphatic carbocycles. The van der Waals surface area contributed by atoms with Crippen molar-refractivity contribution in [2.45, 2.75) is 76.2 Å². The number of aromatic nitrogens is 2. The highest BCUT2D eigenvalue weighted by molar-refractivity contribution is 9.10. The van der Waals surface area contributed by atoms with Gasteiger partial charge in [-0.15, -0.1) is 38.0 Å². The summed E-state index contributed by atoms with van der Waals surface area (Å²) in [6.07, 6.45) is 3.59. The Morgan fingerprint density at radius 2 is 1.78 bits per heavy atom. The molecule has 0 amide bonds. The highest BCUT2D eigenvalue weighted by Crippen LogP contribution is 2.34. The third-order valence-corrected chi connectivity index (χ3v) is 7.50. The highest BCUT2D eigenvalue weighted by atomic mass is 79.9. The number of aryl methyl sites for hydroxylation is 1. The number of nitrogens with one attached hydrogen (secondary N) is 1. The zero-order valence-electron chi connectivity index (χ0n) is 21.0. The molecule has 0 saturated heterocycles. The number of anilines is 2. The third-order valence-electron chi connectivity index (χ3n) is 7.01. The van der Waals surface area contributed by atoms with Gasteiger partial charge >= 0.3 is 6.36 Å². The van der Waals surface area contributed by atoms with Gasteiger partial charge in [0.25, 0.3) is 0 Å². The van der Waals surface area contributed by atoms with E-state index in [2.05, 4.69) is 30.9 Å². The lowest BCUT2D eigenvalue weighted by Crippen LogP contribution is -2.38. The molecule has 1 atom stereocenters. The summed E-state index contributed by atoms with van der Waals surface area (Å²) < 4.78 is 43.3. The van der Waals surface area contributed by atoms with E-state index >= 15 is 0 Å². The first kappa shape index (κ1) is 31.7. The number of hydrogen-bond acceptors (Lipinski definition) is 6. The molecule has 3 N–H and O–H groups in total. The van der Waals surface area contributed by atoms with Crippen LogP contribution in [0.25, 0.3) is 0 Å². The van der Waals surface area contributed by atoms with Crippen molar-refractivity contribution in [2.75, 3.05) is 24.3 Å². The van der Waals surface area contributed by atoms with Crippen LogP contribution in [0.5, 0.6) is 5.75 Å². The SMILES string of the molecule is CN(C)c1nc(NC2CCC(C(N)Cc3ccc(Br)cc3OC(F)(F)F)CC2)nc2c1CCCC2.Cl.Cl. The van der Waals surface area contributed by atoms with Crippen LogP contribution in [-0.4, -0.2) is 42.5 Å². The van der Waals surface area contributed by atoms with E-state index in [9.17, 15) is 13.2 Å². The van der Waals surface area contributed by atoms with Gasteiger partial charge in [-0.3, -0.25) is 0 Å². The second-order valence-electron chi connectivity index (χ2n) is 9.82. The van der Waals surface area contributed by atoms with Crippen molar-refractivity contribution in [3.8, 4) is 5.75 Å². The average molecular weight is 629 g/mol. The number of ether oxygens (including phenoxy) is 1. The lowest BCUT2D eigenvalue weighted by atomic mass is 9.80. The van der Waals surface area contributed by atoms with Crippen molar-refractivity contribution in [3.63, 3.8) is 0 Å². The lowest BCUT2D eigenvalue weighted by molar-refractivity contribution is -0.274.